The van der Waals surface area contributed by atoms with Crippen LogP contribution < -0.4 is 15.4 Å². The molecule has 4 aromatic rings. The Kier molecular flexibility index (Phi) is 11.1. The Hall–Kier alpha value is -5.34. The summed E-state index contributed by atoms with van der Waals surface area (Å²) in [4.78, 5) is 37.2. The SMILES string of the molecule is CCC[C@@H](c1ccc(C(=O)NCCC(=O)O)cc1)C(C(=O)Nc1ccc(-n2cc(C(F)(F)F)cn2)cc1)c1ccc(OC(F)(F)F)cc1. The minimum atomic E-state index is -4.92. The summed E-state index contributed by atoms with van der Waals surface area (Å²) in [6.45, 7) is 1.83. The summed E-state index contributed by atoms with van der Waals surface area (Å²) in [6, 6.07) is 17.2. The third-order valence-electron chi connectivity index (χ3n) is 7.29. The van der Waals surface area contributed by atoms with Gasteiger partial charge < -0.3 is 20.5 Å². The molecule has 0 aliphatic rings. The second-order valence-electron chi connectivity index (χ2n) is 10.7. The van der Waals surface area contributed by atoms with Gasteiger partial charge in [0.2, 0.25) is 5.91 Å². The molecule has 0 spiro atoms. The van der Waals surface area contributed by atoms with Crippen LogP contribution in [0.1, 0.15) is 65.1 Å². The van der Waals surface area contributed by atoms with Crippen molar-refractivity contribution in [2.75, 3.05) is 11.9 Å². The Labute approximate surface area is 270 Å². The van der Waals surface area contributed by atoms with Crippen LogP contribution in [0, 0.1) is 0 Å². The molecule has 2 amide bonds. The van der Waals surface area contributed by atoms with Gasteiger partial charge in [0.15, 0.2) is 0 Å². The fraction of sp³-hybridized carbons (Fsp3) is 0.273. The van der Waals surface area contributed by atoms with E-state index in [2.05, 4.69) is 20.5 Å². The van der Waals surface area contributed by atoms with E-state index in [4.69, 9.17) is 5.11 Å². The number of nitrogens with one attached hydrogen (secondary N) is 2. The third kappa shape index (κ3) is 9.59. The summed E-state index contributed by atoms with van der Waals surface area (Å²) in [6.07, 6.45) is -7.14. The average molecular weight is 677 g/mol. The molecule has 254 valence electrons. The minimum Gasteiger partial charge on any atom is -0.481 e. The Morgan fingerprint density at radius 3 is 2.06 bits per heavy atom. The normalized spacial score (nSPS) is 13.0. The number of ether oxygens (including phenoxy) is 1. The van der Waals surface area contributed by atoms with Crippen LogP contribution in [-0.4, -0.2) is 45.6 Å². The zero-order valence-corrected chi connectivity index (χ0v) is 25.3. The number of benzene rings is 3. The molecule has 0 saturated carbocycles. The number of amides is 2. The number of hydrogen-bond donors (Lipinski definition) is 3. The number of anilines is 1. The molecule has 4 rings (SSSR count). The van der Waals surface area contributed by atoms with Gasteiger partial charge in [-0.25, -0.2) is 4.68 Å². The number of carboxylic acids is 1. The number of alkyl halides is 6. The van der Waals surface area contributed by atoms with Gasteiger partial charge in [0.05, 0.1) is 29.8 Å². The van der Waals surface area contributed by atoms with Gasteiger partial charge in [0, 0.05) is 24.0 Å². The number of nitrogens with zero attached hydrogens (tertiary/aromatic N) is 2. The number of carbonyl (C=O) groups is 3. The van der Waals surface area contributed by atoms with Crippen molar-refractivity contribution < 1.29 is 50.6 Å². The zero-order chi connectivity index (χ0) is 35.1. The summed E-state index contributed by atoms with van der Waals surface area (Å²) in [5.74, 6) is -4.00. The molecule has 0 aliphatic carbocycles. The summed E-state index contributed by atoms with van der Waals surface area (Å²) >= 11 is 0. The smallest absolute Gasteiger partial charge is 0.481 e. The van der Waals surface area contributed by atoms with Crippen molar-refractivity contribution in [3.63, 3.8) is 0 Å². The van der Waals surface area contributed by atoms with Gasteiger partial charge >= 0.3 is 18.5 Å². The number of hydrogen-bond acceptors (Lipinski definition) is 5. The number of rotatable bonds is 13. The molecule has 1 aromatic heterocycles. The van der Waals surface area contributed by atoms with Crippen LogP contribution in [0.3, 0.4) is 0 Å². The summed E-state index contributed by atoms with van der Waals surface area (Å²) in [5, 5.41) is 17.8. The van der Waals surface area contributed by atoms with Crippen LogP contribution in [0.4, 0.5) is 32.0 Å². The van der Waals surface area contributed by atoms with E-state index in [0.717, 1.165) is 23.0 Å². The van der Waals surface area contributed by atoms with E-state index in [1.54, 1.807) is 12.1 Å². The lowest BCUT2D eigenvalue weighted by Crippen LogP contribution is -2.27. The van der Waals surface area contributed by atoms with Gasteiger partial charge in [-0.05, 0) is 72.0 Å². The van der Waals surface area contributed by atoms with E-state index < -0.39 is 53.5 Å². The van der Waals surface area contributed by atoms with Crippen molar-refractivity contribution in [1.29, 1.82) is 0 Å². The standard InChI is InChI=1S/C33H30F6N4O5/c1-2-3-27(20-4-6-22(7-5-20)30(46)40-17-16-28(44)45)29(21-8-14-26(15-9-21)48-33(37,38)39)31(47)42-24-10-12-25(13-11-24)43-19-23(18-41-43)32(34,35)36/h4-15,18-19,27,29H,2-3,16-17H2,1H3,(H,40,46)(H,42,47)(H,44,45)/t27-,29?/m0/s1. The van der Waals surface area contributed by atoms with Crippen molar-refractivity contribution in [2.45, 2.75) is 50.6 Å². The molecule has 2 atom stereocenters. The van der Waals surface area contributed by atoms with E-state index in [0.29, 0.717) is 41.5 Å². The van der Waals surface area contributed by atoms with Crippen LogP contribution in [0.5, 0.6) is 5.75 Å². The number of carbonyl (C=O) groups excluding carboxylic acids is 2. The molecule has 0 radical (unpaired) electrons. The van der Waals surface area contributed by atoms with Crippen LogP contribution in [-0.2, 0) is 15.8 Å². The van der Waals surface area contributed by atoms with Gasteiger partial charge in [0.1, 0.15) is 5.75 Å². The van der Waals surface area contributed by atoms with Gasteiger partial charge in [-0.3, -0.25) is 14.4 Å². The van der Waals surface area contributed by atoms with Crippen molar-refractivity contribution in [3.05, 3.63) is 107 Å². The molecule has 3 aromatic carbocycles. The Morgan fingerprint density at radius 1 is 0.896 bits per heavy atom. The predicted octanol–water partition coefficient (Wildman–Crippen LogP) is 7.30. The fourth-order valence-corrected chi connectivity index (χ4v) is 5.07. The molecule has 9 nitrogen and oxygen atoms in total. The highest BCUT2D eigenvalue weighted by molar-refractivity contribution is 5.97. The van der Waals surface area contributed by atoms with Gasteiger partial charge in [-0.1, -0.05) is 37.6 Å². The number of halogens is 6. The lowest BCUT2D eigenvalue weighted by Gasteiger charge is -2.28. The highest BCUT2D eigenvalue weighted by Crippen LogP contribution is 2.39. The quantitative estimate of drug-likeness (QED) is 0.128. The first-order valence-corrected chi connectivity index (χ1v) is 14.6. The van der Waals surface area contributed by atoms with E-state index in [-0.39, 0.29) is 18.5 Å². The van der Waals surface area contributed by atoms with Gasteiger partial charge in [-0.15, -0.1) is 13.2 Å². The Morgan fingerprint density at radius 2 is 1.52 bits per heavy atom. The van der Waals surface area contributed by atoms with E-state index in [1.807, 2.05) is 6.92 Å². The minimum absolute atomic E-state index is 0.0673. The Balaban J connectivity index is 1.62. The van der Waals surface area contributed by atoms with Crippen molar-refractivity contribution in [3.8, 4) is 11.4 Å². The second-order valence-corrected chi connectivity index (χ2v) is 10.7. The molecule has 48 heavy (non-hydrogen) atoms. The van der Waals surface area contributed by atoms with Crippen molar-refractivity contribution in [2.24, 2.45) is 0 Å². The summed E-state index contributed by atoms with van der Waals surface area (Å²) < 4.78 is 82.5. The molecule has 1 unspecified atom stereocenters. The monoisotopic (exact) mass is 676 g/mol. The fourth-order valence-electron chi connectivity index (χ4n) is 5.07. The maximum atomic E-state index is 14.0. The molecule has 0 bridgehead atoms. The van der Waals surface area contributed by atoms with E-state index >= 15 is 0 Å². The van der Waals surface area contributed by atoms with Crippen LogP contribution in [0.25, 0.3) is 5.69 Å². The van der Waals surface area contributed by atoms with Crippen molar-refractivity contribution >= 4 is 23.5 Å². The number of carboxylic acid groups (broad SMARTS) is 1. The maximum Gasteiger partial charge on any atom is 0.573 e. The highest BCUT2D eigenvalue weighted by atomic mass is 19.4. The number of aromatic nitrogens is 2. The molecule has 3 N–H and O–H groups in total. The van der Waals surface area contributed by atoms with E-state index in [1.165, 1.54) is 48.5 Å². The lowest BCUT2D eigenvalue weighted by atomic mass is 9.78. The number of aliphatic carboxylic acids is 1. The molecule has 0 fully saturated rings. The van der Waals surface area contributed by atoms with Crippen LogP contribution in [0.2, 0.25) is 0 Å². The first-order chi connectivity index (χ1) is 22.6. The van der Waals surface area contributed by atoms with Gasteiger partial charge in [-0.2, -0.15) is 18.3 Å². The first kappa shape index (κ1) is 35.5. The third-order valence-corrected chi connectivity index (χ3v) is 7.29. The first-order valence-electron chi connectivity index (χ1n) is 14.6. The molecular weight excluding hydrogens is 646 g/mol. The largest absolute Gasteiger partial charge is 0.573 e. The van der Waals surface area contributed by atoms with Crippen LogP contribution in [0.15, 0.2) is 85.2 Å². The Bertz CT molecular complexity index is 1700. The second kappa shape index (κ2) is 15.0. The molecule has 0 aliphatic heterocycles. The lowest BCUT2D eigenvalue weighted by molar-refractivity contribution is -0.274. The van der Waals surface area contributed by atoms with Crippen LogP contribution >= 0.6 is 0 Å². The topological polar surface area (TPSA) is 123 Å². The summed E-state index contributed by atoms with van der Waals surface area (Å²) in [7, 11) is 0. The molecular formula is C33H30F6N4O5. The van der Waals surface area contributed by atoms with Gasteiger partial charge in [0.25, 0.3) is 5.91 Å². The molecule has 1 heterocycles. The van der Waals surface area contributed by atoms with Crippen molar-refractivity contribution in [1.82, 2.24) is 15.1 Å². The van der Waals surface area contributed by atoms with E-state index in [9.17, 15) is 40.7 Å². The highest BCUT2D eigenvalue weighted by Gasteiger charge is 2.34. The average Bonchev–Trinajstić information content (AvgIpc) is 3.53. The molecule has 15 heteroatoms. The zero-order valence-electron chi connectivity index (χ0n) is 25.3. The maximum absolute atomic E-state index is 14.0. The summed E-state index contributed by atoms with van der Waals surface area (Å²) in [5.41, 5.74) is 0.971. The predicted molar refractivity (Wildman–Crippen MR) is 162 cm³/mol. The molecule has 0 saturated heterocycles.